The molecule has 0 heterocycles. The Balaban J connectivity index is 4.11. The average Bonchev–Trinajstić information content (AvgIpc) is 2.23. The molecule has 2 unspecified atom stereocenters. The summed E-state index contributed by atoms with van der Waals surface area (Å²) in [6.07, 6.45) is 0.426. The first kappa shape index (κ1) is 15.6. The molecule has 0 saturated heterocycles. The van der Waals surface area contributed by atoms with Gasteiger partial charge in [0.1, 0.15) is 18.8 Å². The Kier molecular flexibility index (Phi) is 7.20. The number of hydrogen-bond acceptors (Lipinski definition) is 6. The number of nitrogens with zero attached hydrogens (tertiary/aromatic N) is 1. The predicted octanol–water partition coefficient (Wildman–Crippen LogP) is 0.890. The zero-order valence-electron chi connectivity index (χ0n) is 10.4. The van der Waals surface area contributed by atoms with Gasteiger partial charge in [0.2, 0.25) is 0 Å². The molecule has 7 nitrogen and oxygen atoms in total. The van der Waals surface area contributed by atoms with Gasteiger partial charge in [-0.2, -0.15) is 0 Å². The molecule has 0 aromatic rings. The van der Waals surface area contributed by atoms with E-state index >= 15 is 0 Å². The minimum absolute atomic E-state index is 0.0384. The van der Waals surface area contributed by atoms with Crippen molar-refractivity contribution in [3.05, 3.63) is 10.1 Å². The van der Waals surface area contributed by atoms with Gasteiger partial charge < -0.3 is 15.3 Å². The summed E-state index contributed by atoms with van der Waals surface area (Å²) in [7, 11) is 0. The largest absolute Gasteiger partial charge is 0.462 e. The molecule has 0 amide bonds. The molecule has 0 aromatic carbocycles. The topological polar surface area (TPSA) is 105 Å². The third-order valence-electron chi connectivity index (χ3n) is 2.25. The van der Waals surface area contributed by atoms with Crippen molar-refractivity contribution in [1.82, 2.24) is 0 Å². The van der Waals surface area contributed by atoms with Crippen LogP contribution >= 0.6 is 0 Å². The molecule has 0 spiro atoms. The Morgan fingerprint density at radius 3 is 2.47 bits per heavy atom. The maximum atomic E-state index is 11.4. The van der Waals surface area contributed by atoms with E-state index in [0.29, 0.717) is 12.8 Å². The van der Waals surface area contributed by atoms with Gasteiger partial charge in [0.25, 0.3) is 5.09 Å². The summed E-state index contributed by atoms with van der Waals surface area (Å²) in [4.78, 5) is 26.0. The first-order valence-corrected chi connectivity index (χ1v) is 5.61. The van der Waals surface area contributed by atoms with Crippen molar-refractivity contribution in [3.8, 4) is 0 Å². The molecule has 0 aliphatic carbocycles. The predicted molar refractivity (Wildman–Crippen MR) is 60.5 cm³/mol. The molecule has 0 aliphatic rings. The Morgan fingerprint density at radius 1 is 1.47 bits per heavy atom. The number of ether oxygens (including phenoxy) is 1. The van der Waals surface area contributed by atoms with E-state index in [-0.39, 0.29) is 12.5 Å². The molecular formula is C10H20N2O5. The summed E-state index contributed by atoms with van der Waals surface area (Å²) in [5.41, 5.74) is 5.57. The highest BCUT2D eigenvalue weighted by molar-refractivity contribution is 5.75. The summed E-state index contributed by atoms with van der Waals surface area (Å²) in [6.45, 7) is 5.30. The second-order valence-electron chi connectivity index (χ2n) is 4.14. The van der Waals surface area contributed by atoms with Crippen molar-refractivity contribution >= 4 is 5.97 Å². The Labute approximate surface area is 100 Å². The SMILES string of the molecule is CCCC(COC(=O)C(N)C(C)C)O[N+](=O)[O-]. The average molecular weight is 248 g/mol. The number of nitrogens with two attached hydrogens (primary N) is 1. The number of carbonyl (C=O) groups is 1. The van der Waals surface area contributed by atoms with Crippen LogP contribution in [-0.2, 0) is 14.4 Å². The van der Waals surface area contributed by atoms with Crippen molar-refractivity contribution in [2.45, 2.75) is 45.8 Å². The van der Waals surface area contributed by atoms with Gasteiger partial charge in [-0.25, -0.2) is 0 Å². The Bertz CT molecular complexity index is 257. The highest BCUT2D eigenvalue weighted by Gasteiger charge is 2.21. The van der Waals surface area contributed by atoms with Crippen LogP contribution in [0, 0.1) is 16.0 Å². The summed E-state index contributed by atoms with van der Waals surface area (Å²) in [6, 6.07) is -0.715. The number of rotatable bonds is 8. The van der Waals surface area contributed by atoms with E-state index in [1.807, 2.05) is 6.92 Å². The molecule has 0 bridgehead atoms. The van der Waals surface area contributed by atoms with Gasteiger partial charge in [-0.05, 0) is 12.3 Å². The lowest BCUT2D eigenvalue weighted by atomic mass is 10.1. The molecule has 17 heavy (non-hydrogen) atoms. The van der Waals surface area contributed by atoms with E-state index in [4.69, 9.17) is 10.5 Å². The fourth-order valence-corrected chi connectivity index (χ4v) is 1.15. The molecule has 0 aromatic heterocycles. The van der Waals surface area contributed by atoms with Crippen molar-refractivity contribution in [2.75, 3.05) is 6.61 Å². The van der Waals surface area contributed by atoms with Crippen LogP contribution in [0.2, 0.25) is 0 Å². The maximum Gasteiger partial charge on any atom is 0.323 e. The fourth-order valence-electron chi connectivity index (χ4n) is 1.15. The highest BCUT2D eigenvalue weighted by Crippen LogP contribution is 2.06. The highest BCUT2D eigenvalue weighted by atomic mass is 17.0. The van der Waals surface area contributed by atoms with Gasteiger partial charge in [-0.3, -0.25) is 4.79 Å². The minimum atomic E-state index is -0.878. The molecular weight excluding hydrogens is 228 g/mol. The van der Waals surface area contributed by atoms with E-state index in [9.17, 15) is 14.9 Å². The van der Waals surface area contributed by atoms with E-state index in [1.54, 1.807) is 13.8 Å². The van der Waals surface area contributed by atoms with E-state index in [0.717, 1.165) is 0 Å². The molecule has 2 atom stereocenters. The second-order valence-corrected chi connectivity index (χ2v) is 4.14. The second kappa shape index (κ2) is 7.83. The number of hydrogen-bond donors (Lipinski definition) is 1. The standard InChI is InChI=1S/C10H20N2O5/c1-4-5-8(17-12(14)15)6-16-10(13)9(11)7(2)3/h7-9H,4-6,11H2,1-3H3. The summed E-state index contributed by atoms with van der Waals surface area (Å²) < 4.78 is 4.89. The van der Waals surface area contributed by atoms with Crippen LogP contribution < -0.4 is 5.73 Å². The van der Waals surface area contributed by atoms with Gasteiger partial charge in [0, 0.05) is 0 Å². The number of carbonyl (C=O) groups excluding carboxylic acids is 1. The monoisotopic (exact) mass is 248 g/mol. The van der Waals surface area contributed by atoms with E-state index in [1.165, 1.54) is 0 Å². The fraction of sp³-hybridized carbons (Fsp3) is 0.900. The lowest BCUT2D eigenvalue weighted by molar-refractivity contribution is -0.769. The first-order chi connectivity index (χ1) is 7.88. The van der Waals surface area contributed by atoms with Gasteiger partial charge in [0.05, 0.1) is 0 Å². The van der Waals surface area contributed by atoms with Crippen LogP contribution in [0.3, 0.4) is 0 Å². The summed E-state index contributed by atoms with van der Waals surface area (Å²) in [5, 5.41) is 9.31. The van der Waals surface area contributed by atoms with Crippen LogP contribution in [0.4, 0.5) is 0 Å². The molecule has 100 valence electrons. The lowest BCUT2D eigenvalue weighted by Gasteiger charge is -2.18. The number of esters is 1. The molecule has 2 N–H and O–H groups in total. The smallest absolute Gasteiger partial charge is 0.323 e. The lowest BCUT2D eigenvalue weighted by Crippen LogP contribution is -2.38. The van der Waals surface area contributed by atoms with Crippen molar-refractivity contribution < 1.29 is 19.5 Å². The van der Waals surface area contributed by atoms with Crippen LogP contribution in [0.25, 0.3) is 0 Å². The molecule has 0 rings (SSSR count). The summed E-state index contributed by atoms with van der Waals surface area (Å²) >= 11 is 0. The Hall–Kier alpha value is -1.37. The zero-order chi connectivity index (χ0) is 13.4. The van der Waals surface area contributed by atoms with Gasteiger partial charge >= 0.3 is 5.97 Å². The minimum Gasteiger partial charge on any atom is -0.462 e. The van der Waals surface area contributed by atoms with Crippen LogP contribution in [0.15, 0.2) is 0 Å². The van der Waals surface area contributed by atoms with Crippen molar-refractivity contribution in [3.63, 3.8) is 0 Å². The first-order valence-electron chi connectivity index (χ1n) is 5.61. The third-order valence-corrected chi connectivity index (χ3v) is 2.25. The van der Waals surface area contributed by atoms with Crippen molar-refractivity contribution in [1.29, 1.82) is 0 Å². The third kappa shape index (κ3) is 6.72. The quantitative estimate of drug-likeness (QED) is 0.388. The molecule has 0 radical (unpaired) electrons. The molecule has 7 heteroatoms. The van der Waals surface area contributed by atoms with E-state index < -0.39 is 23.2 Å². The zero-order valence-corrected chi connectivity index (χ0v) is 10.4. The van der Waals surface area contributed by atoms with Gasteiger partial charge in [-0.15, -0.1) is 10.1 Å². The van der Waals surface area contributed by atoms with Crippen molar-refractivity contribution in [2.24, 2.45) is 11.7 Å². The molecule has 0 aliphatic heterocycles. The van der Waals surface area contributed by atoms with E-state index in [2.05, 4.69) is 4.84 Å². The normalized spacial score (nSPS) is 14.2. The molecule has 0 saturated carbocycles. The van der Waals surface area contributed by atoms with Crippen LogP contribution in [0.1, 0.15) is 33.6 Å². The van der Waals surface area contributed by atoms with Crippen LogP contribution in [0.5, 0.6) is 0 Å². The summed E-state index contributed by atoms with van der Waals surface area (Å²) in [5.74, 6) is -0.600. The molecule has 0 fully saturated rings. The maximum absolute atomic E-state index is 11.4. The van der Waals surface area contributed by atoms with Crippen LogP contribution in [-0.4, -0.2) is 29.8 Å². The van der Waals surface area contributed by atoms with Gasteiger partial charge in [-0.1, -0.05) is 27.2 Å². The Morgan fingerprint density at radius 2 is 2.06 bits per heavy atom. The van der Waals surface area contributed by atoms with Gasteiger partial charge in [0.15, 0.2) is 0 Å².